The highest BCUT2D eigenvalue weighted by molar-refractivity contribution is 8.00. The van der Waals surface area contributed by atoms with Gasteiger partial charge in [-0.25, -0.2) is 4.79 Å². The summed E-state index contributed by atoms with van der Waals surface area (Å²) in [5.74, 6) is -0.819. The Bertz CT molecular complexity index is 1200. The number of amides is 2. The van der Waals surface area contributed by atoms with Crippen LogP contribution in [0.25, 0.3) is 0 Å². The molecule has 0 fully saturated rings. The van der Waals surface area contributed by atoms with Crippen LogP contribution in [-0.2, 0) is 16.1 Å². The molecular formula is C25H22N2O5S. The number of hydrogen-bond donors (Lipinski definition) is 1. The first-order valence-corrected chi connectivity index (χ1v) is 11.2. The summed E-state index contributed by atoms with van der Waals surface area (Å²) in [6.45, 7) is 0.181. The van der Waals surface area contributed by atoms with E-state index in [0.29, 0.717) is 23.7 Å². The van der Waals surface area contributed by atoms with Gasteiger partial charge in [0.1, 0.15) is 12.3 Å². The molecule has 1 heterocycles. The van der Waals surface area contributed by atoms with Crippen LogP contribution in [0.15, 0.2) is 77.7 Å². The van der Waals surface area contributed by atoms with Gasteiger partial charge in [0, 0.05) is 4.90 Å². The van der Waals surface area contributed by atoms with Crippen molar-refractivity contribution in [2.24, 2.45) is 0 Å². The van der Waals surface area contributed by atoms with Crippen LogP contribution in [0.3, 0.4) is 0 Å². The Morgan fingerprint density at radius 1 is 1.00 bits per heavy atom. The van der Waals surface area contributed by atoms with E-state index < -0.39 is 5.97 Å². The molecule has 4 rings (SSSR count). The van der Waals surface area contributed by atoms with Gasteiger partial charge in [-0.05, 0) is 42.0 Å². The maximum atomic E-state index is 13.1. The SMILES string of the molecule is COc1cccc(SCC(=O)N2CC(=O)N(Cc3ccccc3)c3ccc(C(=O)O)cc32)c1. The van der Waals surface area contributed by atoms with Crippen molar-refractivity contribution in [2.75, 3.05) is 29.2 Å². The predicted octanol–water partition coefficient (Wildman–Crippen LogP) is 4.07. The molecule has 1 aliphatic rings. The molecule has 2 amide bonds. The molecule has 3 aromatic carbocycles. The van der Waals surface area contributed by atoms with E-state index in [1.165, 1.54) is 28.8 Å². The average Bonchev–Trinajstić information content (AvgIpc) is 2.84. The Kier molecular flexibility index (Phi) is 6.65. The summed E-state index contributed by atoms with van der Waals surface area (Å²) < 4.78 is 5.22. The summed E-state index contributed by atoms with van der Waals surface area (Å²) in [6, 6.07) is 21.4. The highest BCUT2D eigenvalue weighted by Crippen LogP contribution is 2.36. The summed E-state index contributed by atoms with van der Waals surface area (Å²) in [4.78, 5) is 41.6. The van der Waals surface area contributed by atoms with E-state index in [0.717, 1.165) is 10.5 Å². The van der Waals surface area contributed by atoms with Crippen LogP contribution in [0.2, 0.25) is 0 Å². The quantitative estimate of drug-likeness (QED) is 0.533. The summed E-state index contributed by atoms with van der Waals surface area (Å²) in [5, 5.41) is 9.47. The maximum absolute atomic E-state index is 13.1. The van der Waals surface area contributed by atoms with Gasteiger partial charge in [0.05, 0.1) is 36.3 Å². The van der Waals surface area contributed by atoms with Crippen molar-refractivity contribution in [1.29, 1.82) is 0 Å². The summed E-state index contributed by atoms with van der Waals surface area (Å²) >= 11 is 1.33. The molecule has 8 heteroatoms. The van der Waals surface area contributed by atoms with Crippen molar-refractivity contribution in [3.63, 3.8) is 0 Å². The third kappa shape index (κ3) is 5.01. The van der Waals surface area contributed by atoms with Crippen molar-refractivity contribution in [3.05, 3.63) is 83.9 Å². The first-order valence-electron chi connectivity index (χ1n) is 10.2. The molecule has 0 aliphatic carbocycles. The molecule has 7 nitrogen and oxygen atoms in total. The largest absolute Gasteiger partial charge is 0.497 e. The number of benzene rings is 3. The molecule has 0 unspecified atom stereocenters. The number of ether oxygens (including phenoxy) is 1. The lowest BCUT2D eigenvalue weighted by Gasteiger charge is -2.36. The van der Waals surface area contributed by atoms with E-state index in [1.54, 1.807) is 18.1 Å². The molecule has 33 heavy (non-hydrogen) atoms. The zero-order valence-corrected chi connectivity index (χ0v) is 18.7. The van der Waals surface area contributed by atoms with Gasteiger partial charge in [0.15, 0.2) is 0 Å². The minimum atomic E-state index is -1.09. The van der Waals surface area contributed by atoms with E-state index in [9.17, 15) is 19.5 Å². The normalized spacial score (nSPS) is 12.9. The number of methoxy groups -OCH3 is 1. The standard InChI is InChI=1S/C25H22N2O5S/c1-32-19-8-5-9-20(13-19)33-16-24(29)27-15-23(28)26(14-17-6-3-2-4-7-17)21-11-10-18(25(30)31)12-22(21)27/h2-13H,14-16H2,1H3,(H,30,31). The average molecular weight is 463 g/mol. The molecule has 0 aromatic heterocycles. The number of carboxylic acids is 1. The van der Waals surface area contributed by atoms with Gasteiger partial charge < -0.3 is 19.6 Å². The molecule has 0 radical (unpaired) electrons. The number of anilines is 2. The van der Waals surface area contributed by atoms with Crippen molar-refractivity contribution >= 4 is 40.9 Å². The lowest BCUT2D eigenvalue weighted by molar-refractivity contribution is -0.121. The van der Waals surface area contributed by atoms with Crippen LogP contribution in [0.5, 0.6) is 5.75 Å². The van der Waals surface area contributed by atoms with Gasteiger partial charge in [-0.1, -0.05) is 36.4 Å². The van der Waals surface area contributed by atoms with Crippen molar-refractivity contribution in [3.8, 4) is 5.75 Å². The number of carbonyl (C=O) groups is 3. The Hall–Kier alpha value is -3.78. The van der Waals surface area contributed by atoms with E-state index in [1.807, 2.05) is 54.6 Å². The fourth-order valence-corrected chi connectivity index (χ4v) is 4.44. The summed E-state index contributed by atoms with van der Waals surface area (Å²) in [6.07, 6.45) is 0. The predicted molar refractivity (Wildman–Crippen MR) is 127 cm³/mol. The van der Waals surface area contributed by atoms with E-state index >= 15 is 0 Å². The number of rotatable bonds is 7. The van der Waals surface area contributed by atoms with Crippen molar-refractivity contribution in [1.82, 2.24) is 0 Å². The number of fused-ring (bicyclic) bond motifs is 1. The molecule has 3 aromatic rings. The van der Waals surface area contributed by atoms with E-state index in [-0.39, 0.29) is 29.7 Å². The van der Waals surface area contributed by atoms with Crippen LogP contribution in [-0.4, -0.2) is 42.3 Å². The second kappa shape index (κ2) is 9.79. The second-order valence-electron chi connectivity index (χ2n) is 7.42. The molecule has 0 saturated carbocycles. The number of aromatic carboxylic acids is 1. The van der Waals surface area contributed by atoms with Gasteiger partial charge >= 0.3 is 5.97 Å². The van der Waals surface area contributed by atoms with Gasteiger partial charge in [0.25, 0.3) is 0 Å². The Labute approximate surface area is 195 Å². The lowest BCUT2D eigenvalue weighted by atomic mass is 10.1. The van der Waals surface area contributed by atoms with Crippen LogP contribution in [0.1, 0.15) is 15.9 Å². The first-order chi connectivity index (χ1) is 16.0. The Morgan fingerprint density at radius 3 is 2.52 bits per heavy atom. The smallest absolute Gasteiger partial charge is 0.335 e. The third-order valence-electron chi connectivity index (χ3n) is 5.29. The third-order valence-corrected chi connectivity index (χ3v) is 6.27. The Morgan fingerprint density at radius 2 is 1.79 bits per heavy atom. The van der Waals surface area contributed by atoms with E-state index in [4.69, 9.17) is 4.74 Å². The van der Waals surface area contributed by atoms with Crippen molar-refractivity contribution < 1.29 is 24.2 Å². The Balaban J connectivity index is 1.61. The molecule has 1 aliphatic heterocycles. The number of carboxylic acid groups (broad SMARTS) is 1. The van der Waals surface area contributed by atoms with Gasteiger partial charge in [-0.15, -0.1) is 11.8 Å². The lowest BCUT2D eigenvalue weighted by Crippen LogP contribution is -2.48. The molecule has 168 valence electrons. The van der Waals surface area contributed by atoms with Crippen LogP contribution < -0.4 is 14.5 Å². The van der Waals surface area contributed by atoms with Gasteiger partial charge in [-0.2, -0.15) is 0 Å². The van der Waals surface area contributed by atoms with Crippen LogP contribution in [0.4, 0.5) is 11.4 Å². The monoisotopic (exact) mass is 462 g/mol. The van der Waals surface area contributed by atoms with Crippen LogP contribution in [0, 0.1) is 0 Å². The second-order valence-corrected chi connectivity index (χ2v) is 8.47. The van der Waals surface area contributed by atoms with Gasteiger partial charge in [-0.3, -0.25) is 9.59 Å². The summed E-state index contributed by atoms with van der Waals surface area (Å²) in [7, 11) is 1.58. The molecule has 0 atom stereocenters. The minimum Gasteiger partial charge on any atom is -0.497 e. The summed E-state index contributed by atoms with van der Waals surface area (Å²) in [5.41, 5.74) is 1.93. The first kappa shape index (κ1) is 22.4. The van der Waals surface area contributed by atoms with Crippen molar-refractivity contribution in [2.45, 2.75) is 11.4 Å². The molecule has 0 saturated heterocycles. The van der Waals surface area contributed by atoms with Gasteiger partial charge in [0.2, 0.25) is 11.8 Å². The molecule has 0 bridgehead atoms. The molecule has 1 N–H and O–H groups in total. The topological polar surface area (TPSA) is 87.2 Å². The number of carbonyl (C=O) groups excluding carboxylic acids is 2. The fraction of sp³-hybridized carbons (Fsp3) is 0.160. The zero-order valence-electron chi connectivity index (χ0n) is 17.9. The number of thioether (sulfide) groups is 1. The molecular weight excluding hydrogens is 440 g/mol. The minimum absolute atomic E-state index is 0.0565. The number of nitrogens with zero attached hydrogens (tertiary/aromatic N) is 2. The number of hydrogen-bond acceptors (Lipinski definition) is 5. The fourth-order valence-electron chi connectivity index (χ4n) is 3.62. The highest BCUT2D eigenvalue weighted by atomic mass is 32.2. The van der Waals surface area contributed by atoms with Crippen LogP contribution >= 0.6 is 11.8 Å². The highest BCUT2D eigenvalue weighted by Gasteiger charge is 2.33. The molecule has 0 spiro atoms. The maximum Gasteiger partial charge on any atom is 0.335 e. The van der Waals surface area contributed by atoms with E-state index in [2.05, 4.69) is 0 Å². The zero-order chi connectivity index (χ0) is 23.4.